The lowest BCUT2D eigenvalue weighted by Crippen LogP contribution is -2.57. The number of nitrogens with zero attached hydrogens (tertiary/aromatic N) is 3. The quantitative estimate of drug-likeness (QED) is 0.839. The van der Waals surface area contributed by atoms with E-state index in [1.54, 1.807) is 0 Å². The Balaban J connectivity index is 1.70. The van der Waals surface area contributed by atoms with Crippen molar-refractivity contribution in [3.8, 4) is 6.07 Å². The second-order valence-electron chi connectivity index (χ2n) is 7.73. The van der Waals surface area contributed by atoms with Crippen LogP contribution < -0.4 is 5.32 Å². The number of fused-ring (bicyclic) bond motifs is 2. The van der Waals surface area contributed by atoms with E-state index in [1.807, 2.05) is 0 Å². The van der Waals surface area contributed by atoms with Crippen molar-refractivity contribution in [2.24, 2.45) is 5.92 Å². The zero-order valence-electron chi connectivity index (χ0n) is 13.8. The molecule has 3 fully saturated rings. The Morgan fingerprint density at radius 1 is 1.19 bits per heavy atom. The normalized spacial score (nSPS) is 33.7. The van der Waals surface area contributed by atoms with Gasteiger partial charge in [-0.2, -0.15) is 5.26 Å². The molecular formula is C17H30N4. The van der Waals surface area contributed by atoms with Gasteiger partial charge in [0.05, 0.1) is 6.07 Å². The van der Waals surface area contributed by atoms with Crippen LogP contribution in [0.15, 0.2) is 0 Å². The summed E-state index contributed by atoms with van der Waals surface area (Å²) in [6, 6.07) is 4.51. The fraction of sp³-hybridized carbons (Fsp3) is 0.941. The van der Waals surface area contributed by atoms with Crippen molar-refractivity contribution in [2.75, 3.05) is 26.7 Å². The largest absolute Gasteiger partial charge is 0.299 e. The number of likely N-dealkylation sites (N-methyl/N-ethyl adjacent to an activating group) is 1. The van der Waals surface area contributed by atoms with E-state index in [-0.39, 0.29) is 5.54 Å². The van der Waals surface area contributed by atoms with E-state index in [4.69, 9.17) is 0 Å². The number of rotatable bonds is 5. The highest BCUT2D eigenvalue weighted by molar-refractivity contribution is 5.17. The first kappa shape index (κ1) is 15.3. The van der Waals surface area contributed by atoms with Gasteiger partial charge in [0.1, 0.15) is 5.54 Å². The molecule has 2 heterocycles. The van der Waals surface area contributed by atoms with Crippen molar-refractivity contribution >= 4 is 0 Å². The van der Waals surface area contributed by atoms with Crippen LogP contribution in [0.5, 0.6) is 0 Å². The third-order valence-electron chi connectivity index (χ3n) is 5.73. The third kappa shape index (κ3) is 3.11. The molecule has 118 valence electrons. The van der Waals surface area contributed by atoms with E-state index in [1.165, 1.54) is 32.1 Å². The minimum Gasteiger partial charge on any atom is -0.299 e. The highest BCUT2D eigenvalue weighted by Gasteiger charge is 2.48. The van der Waals surface area contributed by atoms with Crippen LogP contribution in [-0.2, 0) is 0 Å². The molecule has 0 amide bonds. The first-order valence-electron chi connectivity index (χ1n) is 8.67. The topological polar surface area (TPSA) is 42.3 Å². The summed E-state index contributed by atoms with van der Waals surface area (Å²) in [4.78, 5) is 5.15. The number of likely N-dealkylation sites (tertiary alicyclic amines) is 1. The Hall–Kier alpha value is -0.630. The molecule has 1 aliphatic carbocycles. The summed E-state index contributed by atoms with van der Waals surface area (Å²) in [7, 11) is 2.29. The summed E-state index contributed by atoms with van der Waals surface area (Å²) in [5.41, 5.74) is -0.323. The van der Waals surface area contributed by atoms with Crippen LogP contribution >= 0.6 is 0 Å². The smallest absolute Gasteiger partial charge is 0.122 e. The van der Waals surface area contributed by atoms with E-state index < -0.39 is 0 Å². The molecule has 3 rings (SSSR count). The molecule has 2 bridgehead atoms. The molecule has 2 saturated heterocycles. The second kappa shape index (κ2) is 5.87. The molecule has 0 aromatic carbocycles. The lowest BCUT2D eigenvalue weighted by molar-refractivity contribution is 0.170. The molecule has 3 aliphatic rings. The lowest BCUT2D eigenvalue weighted by Gasteiger charge is -2.36. The minimum absolute atomic E-state index is 0.323. The average molecular weight is 290 g/mol. The molecule has 0 spiro atoms. The standard InChI is InChI=1S/C17H30N4/c1-13(2)19-17(11-18,14-4-5-14)12-21-9-8-15-6-7-16(10-21)20(15)3/h13-16,19H,4-10,12H2,1-3H3. The summed E-state index contributed by atoms with van der Waals surface area (Å²) in [5.74, 6) is 0.558. The predicted octanol–water partition coefficient (Wildman–Crippen LogP) is 1.83. The monoisotopic (exact) mass is 290 g/mol. The van der Waals surface area contributed by atoms with Gasteiger partial charge in [0.2, 0.25) is 0 Å². The molecule has 2 aliphatic heterocycles. The first-order chi connectivity index (χ1) is 10.0. The van der Waals surface area contributed by atoms with Crippen molar-refractivity contribution in [1.29, 1.82) is 5.26 Å². The number of nitriles is 1. The molecule has 3 unspecified atom stereocenters. The van der Waals surface area contributed by atoms with E-state index in [9.17, 15) is 5.26 Å². The fourth-order valence-electron chi connectivity index (χ4n) is 4.42. The van der Waals surface area contributed by atoms with Gasteiger partial charge in [0, 0.05) is 31.2 Å². The Morgan fingerprint density at radius 2 is 1.90 bits per heavy atom. The summed E-state index contributed by atoms with van der Waals surface area (Å²) >= 11 is 0. The number of hydrogen-bond donors (Lipinski definition) is 1. The summed E-state index contributed by atoms with van der Waals surface area (Å²) in [6.45, 7) is 7.52. The molecule has 0 aromatic rings. The fourth-order valence-corrected chi connectivity index (χ4v) is 4.42. The molecule has 1 saturated carbocycles. The molecule has 4 heteroatoms. The number of nitrogens with one attached hydrogen (secondary N) is 1. The molecule has 1 N–H and O–H groups in total. The van der Waals surface area contributed by atoms with E-state index in [0.29, 0.717) is 18.0 Å². The molecule has 4 nitrogen and oxygen atoms in total. The summed E-state index contributed by atoms with van der Waals surface area (Å²) in [6.07, 6.45) is 6.39. The van der Waals surface area contributed by atoms with Gasteiger partial charge in [-0.25, -0.2) is 0 Å². The Labute approximate surface area is 129 Å². The average Bonchev–Trinajstić information content (AvgIpc) is 3.21. The van der Waals surface area contributed by atoms with Crippen molar-refractivity contribution in [2.45, 2.75) is 69.6 Å². The van der Waals surface area contributed by atoms with Gasteiger partial charge in [-0.3, -0.25) is 15.1 Å². The Kier molecular flexibility index (Phi) is 4.27. The number of hydrogen-bond acceptors (Lipinski definition) is 4. The van der Waals surface area contributed by atoms with Gasteiger partial charge in [-0.05, 0) is 65.5 Å². The van der Waals surface area contributed by atoms with Crippen LogP contribution in [-0.4, -0.2) is 60.1 Å². The van der Waals surface area contributed by atoms with E-state index >= 15 is 0 Å². The van der Waals surface area contributed by atoms with Gasteiger partial charge in [-0.1, -0.05) is 0 Å². The molecule has 0 radical (unpaired) electrons. The van der Waals surface area contributed by atoms with Gasteiger partial charge < -0.3 is 0 Å². The summed E-state index contributed by atoms with van der Waals surface area (Å²) in [5, 5.41) is 13.5. The second-order valence-corrected chi connectivity index (χ2v) is 7.73. The molecule has 0 aromatic heterocycles. The van der Waals surface area contributed by atoms with Crippen molar-refractivity contribution in [1.82, 2.24) is 15.1 Å². The molecule has 3 atom stereocenters. The minimum atomic E-state index is -0.323. The van der Waals surface area contributed by atoms with Crippen LogP contribution in [0.1, 0.15) is 46.0 Å². The van der Waals surface area contributed by atoms with Crippen molar-refractivity contribution in [3.63, 3.8) is 0 Å². The van der Waals surface area contributed by atoms with Crippen molar-refractivity contribution in [3.05, 3.63) is 0 Å². The zero-order valence-corrected chi connectivity index (χ0v) is 13.8. The lowest BCUT2D eigenvalue weighted by atomic mass is 9.92. The van der Waals surface area contributed by atoms with Gasteiger partial charge in [0.15, 0.2) is 0 Å². The first-order valence-corrected chi connectivity index (χ1v) is 8.67. The maximum absolute atomic E-state index is 9.87. The van der Waals surface area contributed by atoms with Crippen LogP contribution in [0.2, 0.25) is 0 Å². The van der Waals surface area contributed by atoms with E-state index in [2.05, 4.69) is 42.1 Å². The van der Waals surface area contributed by atoms with Crippen LogP contribution in [0.25, 0.3) is 0 Å². The third-order valence-corrected chi connectivity index (χ3v) is 5.73. The predicted molar refractivity (Wildman–Crippen MR) is 85.0 cm³/mol. The highest BCUT2D eigenvalue weighted by Crippen LogP contribution is 2.41. The summed E-state index contributed by atoms with van der Waals surface area (Å²) < 4.78 is 0. The van der Waals surface area contributed by atoms with Crippen LogP contribution in [0.4, 0.5) is 0 Å². The maximum Gasteiger partial charge on any atom is 0.122 e. The zero-order chi connectivity index (χ0) is 15.0. The SMILES string of the molecule is CC(C)NC(C#N)(CN1CCC2CCC(C1)N2C)C1CC1. The van der Waals surface area contributed by atoms with E-state index in [0.717, 1.165) is 25.7 Å². The highest BCUT2D eigenvalue weighted by atomic mass is 15.3. The Morgan fingerprint density at radius 3 is 2.52 bits per heavy atom. The van der Waals surface area contributed by atoms with Gasteiger partial charge in [-0.15, -0.1) is 0 Å². The Bertz CT molecular complexity index is 412. The van der Waals surface area contributed by atoms with Crippen LogP contribution in [0.3, 0.4) is 0 Å². The molecular weight excluding hydrogens is 260 g/mol. The van der Waals surface area contributed by atoms with Crippen LogP contribution in [0, 0.1) is 17.2 Å². The van der Waals surface area contributed by atoms with Crippen molar-refractivity contribution < 1.29 is 0 Å². The van der Waals surface area contributed by atoms with Gasteiger partial charge in [0.25, 0.3) is 0 Å². The maximum atomic E-state index is 9.87. The molecule has 21 heavy (non-hydrogen) atoms. The van der Waals surface area contributed by atoms with Gasteiger partial charge >= 0.3 is 0 Å².